The summed E-state index contributed by atoms with van der Waals surface area (Å²) in [6.07, 6.45) is 0. The first-order valence-electron chi connectivity index (χ1n) is 1.70. The highest BCUT2D eigenvalue weighted by molar-refractivity contribution is 7.31. The van der Waals surface area contributed by atoms with Crippen LogP contribution in [0.4, 0.5) is 0 Å². The van der Waals surface area contributed by atoms with Crippen molar-refractivity contribution in [2.45, 2.75) is 12.7 Å². The van der Waals surface area contributed by atoms with E-state index in [4.69, 9.17) is 11.4 Å². The Kier molecular flexibility index (Phi) is 1.82. The summed E-state index contributed by atoms with van der Waals surface area (Å²) < 4.78 is 6.50. The molecule has 0 bridgehead atoms. The van der Waals surface area contributed by atoms with Crippen molar-refractivity contribution in [2.75, 3.05) is 0 Å². The fourth-order valence-electron chi connectivity index (χ4n) is 0. The monoisotopic (exact) mass is 96.0 g/mol. The molecule has 5 heavy (non-hydrogen) atoms. The van der Waals surface area contributed by atoms with E-state index in [1.54, 1.807) is 0 Å². The molecule has 0 aromatic heterocycles. The maximum atomic E-state index is 8.26. The SMILES string of the molecule is [3H]C(C)(O)PO. The van der Waals surface area contributed by atoms with Gasteiger partial charge in [0.05, 0.1) is 7.19 Å². The molecule has 2 atom stereocenters. The van der Waals surface area contributed by atoms with Crippen LogP contribution in [-0.2, 0) is 0 Å². The molecule has 0 heterocycles. The summed E-state index contributed by atoms with van der Waals surface area (Å²) in [5, 5.41) is 8.26. The number of hydrogen-bond acceptors (Lipinski definition) is 2. The van der Waals surface area contributed by atoms with Gasteiger partial charge in [-0.05, 0) is 6.92 Å². The Labute approximate surface area is 34.1 Å². The second-order valence-electron chi connectivity index (χ2n) is 0.697. The van der Waals surface area contributed by atoms with Gasteiger partial charge in [0.25, 0.3) is 0 Å². The predicted molar refractivity (Wildman–Crippen MR) is 22.2 cm³/mol. The zero-order valence-corrected chi connectivity index (χ0v) is 3.89. The number of hydrogen-bond donors (Lipinski definition) is 2. The molecule has 0 aromatic carbocycles. The molecule has 0 radical (unpaired) electrons. The second-order valence-corrected chi connectivity index (χ2v) is 1.64. The lowest BCUT2D eigenvalue weighted by molar-refractivity contribution is 0.271. The third-order valence-electron chi connectivity index (χ3n) is 0.162. The molecule has 0 rings (SSSR count). The summed E-state index contributed by atoms with van der Waals surface area (Å²) in [5.74, 6) is -1.62. The van der Waals surface area contributed by atoms with E-state index in [1.807, 2.05) is 0 Å². The third-order valence-corrected chi connectivity index (χ3v) is 0.485. The van der Waals surface area contributed by atoms with Gasteiger partial charge in [-0.25, -0.2) is 0 Å². The van der Waals surface area contributed by atoms with Gasteiger partial charge >= 0.3 is 0 Å². The Morgan fingerprint density at radius 1 is 2.20 bits per heavy atom. The van der Waals surface area contributed by atoms with Gasteiger partial charge in [-0.1, -0.05) is 0 Å². The van der Waals surface area contributed by atoms with Gasteiger partial charge in [0.15, 0.2) is 0 Å². The zero-order valence-electron chi connectivity index (χ0n) is 3.89. The van der Waals surface area contributed by atoms with E-state index in [2.05, 4.69) is 0 Å². The van der Waals surface area contributed by atoms with Crippen molar-refractivity contribution in [3.05, 3.63) is 0 Å². The molecule has 0 aliphatic rings. The Morgan fingerprint density at radius 3 is 2.40 bits per heavy atom. The van der Waals surface area contributed by atoms with Crippen molar-refractivity contribution in [1.82, 2.24) is 0 Å². The van der Waals surface area contributed by atoms with Crippen molar-refractivity contribution >= 4 is 8.81 Å². The minimum atomic E-state index is -1.62. The van der Waals surface area contributed by atoms with Gasteiger partial charge in [-0.3, -0.25) is 0 Å². The van der Waals surface area contributed by atoms with E-state index < -0.39 is 14.6 Å². The summed E-state index contributed by atoms with van der Waals surface area (Å²) in [7, 11) is -0.711. The number of rotatable bonds is 1. The van der Waals surface area contributed by atoms with Crippen LogP contribution in [0.1, 0.15) is 8.29 Å². The largest absolute Gasteiger partial charge is 0.387 e. The van der Waals surface area contributed by atoms with Crippen molar-refractivity contribution in [2.24, 2.45) is 0 Å². The van der Waals surface area contributed by atoms with Crippen LogP contribution >= 0.6 is 8.81 Å². The van der Waals surface area contributed by atoms with Crippen molar-refractivity contribution in [3.63, 3.8) is 0 Å². The minimum absolute atomic E-state index is 0.711. The van der Waals surface area contributed by atoms with Crippen molar-refractivity contribution in [3.8, 4) is 0 Å². The Bertz CT molecular complexity index is 41.3. The van der Waals surface area contributed by atoms with Gasteiger partial charge in [0.1, 0.15) is 0 Å². The molecule has 0 aliphatic heterocycles. The zero-order chi connectivity index (χ0) is 5.21. The Morgan fingerprint density at radius 2 is 2.40 bits per heavy atom. The molecule has 0 fully saturated rings. The summed E-state index contributed by atoms with van der Waals surface area (Å²) in [6.45, 7) is 1.23. The topological polar surface area (TPSA) is 40.5 Å². The average Bonchev–Trinajstić information content (AvgIpc) is 1.35. The maximum Gasteiger partial charge on any atom is 0.0920 e. The van der Waals surface area contributed by atoms with Crippen LogP contribution in [0.5, 0.6) is 0 Å². The lowest BCUT2D eigenvalue weighted by Gasteiger charge is -1.89. The molecule has 2 N–H and O–H groups in total. The molecule has 0 aromatic rings. The first-order chi connectivity index (χ1) is 2.56. The smallest absolute Gasteiger partial charge is 0.0920 e. The van der Waals surface area contributed by atoms with E-state index in [9.17, 15) is 0 Å². The summed E-state index contributed by atoms with van der Waals surface area (Å²) in [4.78, 5) is 7.99. The minimum Gasteiger partial charge on any atom is -0.387 e. The molecular weight excluding hydrogens is 87.0 g/mol. The molecule has 0 spiro atoms. The molecule has 0 amide bonds. The van der Waals surface area contributed by atoms with Gasteiger partial charge < -0.3 is 10.00 Å². The Balaban J connectivity index is 3.17. The van der Waals surface area contributed by atoms with Crippen LogP contribution in [0.2, 0.25) is 0 Å². The normalized spacial score (nSPS) is 26.6. The van der Waals surface area contributed by atoms with Crippen LogP contribution in [0.25, 0.3) is 0 Å². The van der Waals surface area contributed by atoms with Crippen LogP contribution in [0.3, 0.4) is 0 Å². The number of aliphatic hydroxyl groups is 1. The van der Waals surface area contributed by atoms with Gasteiger partial charge in [0, 0.05) is 8.81 Å². The van der Waals surface area contributed by atoms with E-state index >= 15 is 0 Å². The van der Waals surface area contributed by atoms with E-state index in [-0.39, 0.29) is 0 Å². The molecule has 0 saturated heterocycles. The van der Waals surface area contributed by atoms with E-state index in [0.29, 0.717) is 0 Å². The van der Waals surface area contributed by atoms with E-state index in [0.717, 1.165) is 0 Å². The molecule has 0 saturated carbocycles. The fraction of sp³-hybridized carbons (Fsp3) is 1.00. The molecular formula is C2H7O2P. The van der Waals surface area contributed by atoms with Crippen LogP contribution in [0.15, 0.2) is 0 Å². The van der Waals surface area contributed by atoms with Crippen molar-refractivity contribution < 1.29 is 11.4 Å². The molecule has 3 heteroatoms. The van der Waals surface area contributed by atoms with Gasteiger partial charge in [-0.2, -0.15) is 0 Å². The highest BCUT2D eigenvalue weighted by atomic mass is 31.1. The fourth-order valence-corrected chi connectivity index (χ4v) is 0. The highest BCUT2D eigenvalue weighted by Crippen LogP contribution is 2.05. The first kappa shape index (κ1) is 3.54. The van der Waals surface area contributed by atoms with Crippen LogP contribution < -0.4 is 0 Å². The second kappa shape index (κ2) is 2.58. The lowest BCUT2D eigenvalue weighted by atomic mass is 10.9. The molecule has 32 valence electrons. The van der Waals surface area contributed by atoms with E-state index in [1.165, 1.54) is 6.92 Å². The quantitative estimate of drug-likeness (QED) is 0.448. The van der Waals surface area contributed by atoms with Crippen molar-refractivity contribution in [1.29, 1.82) is 0 Å². The van der Waals surface area contributed by atoms with Gasteiger partial charge in [0.2, 0.25) is 0 Å². The predicted octanol–water partition coefficient (Wildman–Crippen LogP) is -0.0895. The van der Waals surface area contributed by atoms with Gasteiger partial charge in [-0.15, -0.1) is 0 Å². The van der Waals surface area contributed by atoms with Crippen LogP contribution in [0, 0.1) is 0 Å². The Hall–Kier alpha value is 0.350. The summed E-state index contributed by atoms with van der Waals surface area (Å²) >= 11 is 0. The summed E-state index contributed by atoms with van der Waals surface area (Å²) in [6, 6.07) is 0. The summed E-state index contributed by atoms with van der Waals surface area (Å²) in [5.41, 5.74) is 0. The van der Waals surface area contributed by atoms with Crippen LogP contribution in [-0.4, -0.2) is 15.8 Å². The average molecular weight is 96.1 g/mol. The molecule has 2 nitrogen and oxygen atoms in total. The first-order valence-corrected chi connectivity index (χ1v) is 2.14. The maximum absolute atomic E-state index is 8.26. The molecule has 2 unspecified atom stereocenters. The third kappa shape index (κ3) is 4.35. The highest BCUT2D eigenvalue weighted by Gasteiger charge is 1.83. The lowest BCUT2D eigenvalue weighted by Crippen LogP contribution is -1.84. The standard InChI is InChI=1S/C2H7O2P/c1-2(3)5-4/h2-5H,1H3/i2T. The molecule has 0 aliphatic carbocycles.